The van der Waals surface area contributed by atoms with E-state index in [2.05, 4.69) is 20.7 Å². The van der Waals surface area contributed by atoms with Gasteiger partial charge >= 0.3 is 0 Å². The molecule has 1 atom stereocenters. The molecule has 22 heavy (non-hydrogen) atoms. The van der Waals surface area contributed by atoms with Crippen LogP contribution >= 0.6 is 0 Å². The van der Waals surface area contributed by atoms with Crippen LogP contribution in [0.15, 0.2) is 10.9 Å². The Kier molecular flexibility index (Phi) is 3.95. The first-order chi connectivity index (χ1) is 10.6. The van der Waals surface area contributed by atoms with Crippen molar-refractivity contribution in [2.75, 3.05) is 19.7 Å². The number of aromatic nitrogens is 3. The van der Waals surface area contributed by atoms with Crippen LogP contribution in [0.25, 0.3) is 5.65 Å². The molecule has 2 aromatic heterocycles. The molecule has 1 amide bonds. The van der Waals surface area contributed by atoms with Crippen molar-refractivity contribution >= 4 is 11.6 Å². The molecule has 0 saturated carbocycles. The summed E-state index contributed by atoms with van der Waals surface area (Å²) in [6.45, 7) is 5.92. The van der Waals surface area contributed by atoms with Gasteiger partial charge in [-0.15, -0.1) is 0 Å². The Morgan fingerprint density at radius 2 is 2.36 bits per heavy atom. The Hall–Kier alpha value is -2.19. The smallest absolute Gasteiger partial charge is 0.266 e. The monoisotopic (exact) mass is 305 g/mol. The Bertz CT molecular complexity index is 758. The van der Waals surface area contributed by atoms with Crippen LogP contribution in [0.4, 0.5) is 0 Å². The maximum absolute atomic E-state index is 12.1. The number of nitrogens with zero attached hydrogens (tertiary/aromatic N) is 2. The van der Waals surface area contributed by atoms with Crippen LogP contribution in [-0.2, 0) is 16.1 Å². The van der Waals surface area contributed by atoms with Crippen molar-refractivity contribution in [3.8, 4) is 0 Å². The lowest BCUT2D eigenvalue weighted by molar-refractivity contribution is -0.134. The highest BCUT2D eigenvalue weighted by molar-refractivity contribution is 5.81. The molecule has 3 heterocycles. The van der Waals surface area contributed by atoms with Crippen molar-refractivity contribution in [1.29, 1.82) is 0 Å². The van der Waals surface area contributed by atoms with E-state index in [4.69, 9.17) is 4.74 Å². The van der Waals surface area contributed by atoms with Gasteiger partial charge in [0.25, 0.3) is 11.5 Å². The van der Waals surface area contributed by atoms with Crippen LogP contribution < -0.4 is 16.2 Å². The van der Waals surface area contributed by atoms with Gasteiger partial charge in [0.15, 0.2) is 5.65 Å². The number of ether oxygens (including phenoxy) is 1. The van der Waals surface area contributed by atoms with Crippen LogP contribution in [0.1, 0.15) is 17.0 Å². The van der Waals surface area contributed by atoms with E-state index in [-0.39, 0.29) is 11.5 Å². The number of H-pyrrole nitrogens is 1. The molecule has 8 nitrogen and oxygen atoms in total. The molecule has 3 N–H and O–H groups in total. The molecule has 0 unspecified atom stereocenters. The third-order valence-electron chi connectivity index (χ3n) is 3.86. The highest BCUT2D eigenvalue weighted by atomic mass is 16.5. The second-order valence-corrected chi connectivity index (χ2v) is 5.36. The van der Waals surface area contributed by atoms with Gasteiger partial charge in [-0.3, -0.25) is 14.7 Å². The highest BCUT2D eigenvalue weighted by Crippen LogP contribution is 2.13. The third-order valence-corrected chi connectivity index (χ3v) is 3.86. The first-order valence-electron chi connectivity index (χ1n) is 7.24. The summed E-state index contributed by atoms with van der Waals surface area (Å²) in [5, 5.41) is 8.69. The lowest BCUT2D eigenvalue weighted by atomic mass is 10.1. The van der Waals surface area contributed by atoms with E-state index in [0.29, 0.717) is 25.3 Å². The minimum atomic E-state index is -0.461. The summed E-state index contributed by atoms with van der Waals surface area (Å²) in [7, 11) is 0. The molecule has 3 rings (SSSR count). The van der Waals surface area contributed by atoms with Crippen LogP contribution in [-0.4, -0.2) is 46.3 Å². The number of rotatable bonds is 3. The fraction of sp³-hybridized carbons (Fsp3) is 0.500. The number of carbonyl (C=O) groups excluding carboxylic acids is 1. The average molecular weight is 305 g/mol. The van der Waals surface area contributed by atoms with Crippen molar-refractivity contribution in [3.05, 3.63) is 33.4 Å². The summed E-state index contributed by atoms with van der Waals surface area (Å²) in [5.41, 5.74) is 2.91. The van der Waals surface area contributed by atoms with Gasteiger partial charge in [-0.1, -0.05) is 0 Å². The molecule has 1 aliphatic heterocycles. The predicted molar refractivity (Wildman–Crippen MR) is 79.7 cm³/mol. The number of fused-ring (bicyclic) bond motifs is 1. The molecule has 2 aromatic rings. The molecule has 1 saturated heterocycles. The van der Waals surface area contributed by atoms with Crippen LogP contribution in [0.2, 0.25) is 0 Å². The number of hydrogen-bond acceptors (Lipinski definition) is 5. The molecule has 0 radical (unpaired) electrons. The van der Waals surface area contributed by atoms with E-state index < -0.39 is 6.10 Å². The number of aromatic amines is 1. The lowest BCUT2D eigenvalue weighted by Gasteiger charge is -2.23. The lowest BCUT2D eigenvalue weighted by Crippen LogP contribution is -2.47. The molecule has 0 spiro atoms. The van der Waals surface area contributed by atoms with Crippen molar-refractivity contribution in [2.45, 2.75) is 26.5 Å². The zero-order valence-corrected chi connectivity index (χ0v) is 12.6. The van der Waals surface area contributed by atoms with E-state index in [1.165, 1.54) is 6.07 Å². The SMILES string of the molecule is Cc1nc2cc(=O)[nH]n2c(C)c1CNC(=O)[C@H]1CNCCO1. The number of aryl methyl sites for hydroxylation is 2. The Labute approximate surface area is 126 Å². The van der Waals surface area contributed by atoms with Gasteiger partial charge in [-0.2, -0.15) is 0 Å². The van der Waals surface area contributed by atoms with Gasteiger partial charge in [-0.25, -0.2) is 9.50 Å². The molecular formula is C14H19N5O3. The second-order valence-electron chi connectivity index (χ2n) is 5.36. The summed E-state index contributed by atoms with van der Waals surface area (Å²) in [4.78, 5) is 27.9. The fourth-order valence-corrected chi connectivity index (χ4v) is 2.63. The molecule has 118 valence electrons. The summed E-state index contributed by atoms with van der Waals surface area (Å²) in [6.07, 6.45) is -0.461. The van der Waals surface area contributed by atoms with Crippen LogP contribution in [0.5, 0.6) is 0 Å². The maximum atomic E-state index is 12.1. The molecule has 0 bridgehead atoms. The predicted octanol–water partition coefficient (Wildman–Crippen LogP) is -0.756. The Balaban J connectivity index is 1.78. The van der Waals surface area contributed by atoms with Gasteiger partial charge in [0.1, 0.15) is 6.10 Å². The van der Waals surface area contributed by atoms with Gasteiger partial charge in [0.2, 0.25) is 0 Å². The minimum Gasteiger partial charge on any atom is -0.366 e. The standard InChI is InChI=1S/C14H19N5O3/c1-8-10(6-16-14(21)11-7-15-3-4-22-11)9(2)19-12(17-8)5-13(20)18-19/h5,11,15H,3-4,6-7H2,1-2H3,(H,16,21)(H,18,20)/t11-/m1/s1. The van der Waals surface area contributed by atoms with Crippen molar-refractivity contribution in [1.82, 2.24) is 25.2 Å². The number of amides is 1. The number of morpholine rings is 1. The molecule has 0 aliphatic carbocycles. The van der Waals surface area contributed by atoms with Crippen molar-refractivity contribution in [2.24, 2.45) is 0 Å². The topological polar surface area (TPSA) is 101 Å². The molecule has 1 aliphatic rings. The number of hydrogen-bond donors (Lipinski definition) is 3. The van der Waals surface area contributed by atoms with Crippen LogP contribution in [0, 0.1) is 13.8 Å². The maximum Gasteiger partial charge on any atom is 0.266 e. The van der Waals surface area contributed by atoms with Crippen molar-refractivity contribution in [3.63, 3.8) is 0 Å². The van der Waals surface area contributed by atoms with E-state index in [0.717, 1.165) is 23.5 Å². The van der Waals surface area contributed by atoms with Crippen molar-refractivity contribution < 1.29 is 9.53 Å². The van der Waals surface area contributed by atoms with Gasteiger partial charge in [-0.05, 0) is 13.8 Å². The zero-order valence-electron chi connectivity index (χ0n) is 12.6. The Morgan fingerprint density at radius 3 is 3.09 bits per heavy atom. The summed E-state index contributed by atoms with van der Waals surface area (Å²) in [5.74, 6) is -0.146. The number of carbonyl (C=O) groups is 1. The first-order valence-corrected chi connectivity index (χ1v) is 7.24. The fourth-order valence-electron chi connectivity index (χ4n) is 2.63. The summed E-state index contributed by atoms with van der Waals surface area (Å²) in [6, 6.07) is 1.45. The third kappa shape index (κ3) is 2.75. The van der Waals surface area contributed by atoms with Gasteiger partial charge < -0.3 is 15.4 Å². The summed E-state index contributed by atoms with van der Waals surface area (Å²) < 4.78 is 7.05. The molecule has 8 heteroatoms. The largest absolute Gasteiger partial charge is 0.366 e. The van der Waals surface area contributed by atoms with Gasteiger partial charge in [0, 0.05) is 42.7 Å². The normalized spacial score (nSPS) is 18.5. The second kappa shape index (κ2) is 5.90. The van der Waals surface area contributed by atoms with E-state index in [1.807, 2.05) is 13.8 Å². The molecule has 1 fully saturated rings. The highest BCUT2D eigenvalue weighted by Gasteiger charge is 2.22. The molecular weight excluding hydrogens is 286 g/mol. The van der Waals surface area contributed by atoms with E-state index in [9.17, 15) is 9.59 Å². The van der Waals surface area contributed by atoms with E-state index >= 15 is 0 Å². The first kappa shape index (κ1) is 14.7. The summed E-state index contributed by atoms with van der Waals surface area (Å²) >= 11 is 0. The molecule has 0 aromatic carbocycles. The minimum absolute atomic E-state index is 0.146. The zero-order chi connectivity index (χ0) is 15.7. The number of nitrogens with one attached hydrogen (secondary N) is 3. The van der Waals surface area contributed by atoms with Crippen LogP contribution in [0.3, 0.4) is 0 Å². The van der Waals surface area contributed by atoms with Gasteiger partial charge in [0.05, 0.1) is 6.61 Å². The Morgan fingerprint density at radius 1 is 1.55 bits per heavy atom. The quantitative estimate of drug-likeness (QED) is 0.692. The average Bonchev–Trinajstić information content (AvgIpc) is 2.88. The van der Waals surface area contributed by atoms with E-state index in [1.54, 1.807) is 4.52 Å².